The van der Waals surface area contributed by atoms with Crippen molar-refractivity contribution in [3.63, 3.8) is 0 Å². The molecule has 2 N–H and O–H groups in total. The molecule has 3 heterocycles. The van der Waals surface area contributed by atoms with Gasteiger partial charge in [-0.15, -0.1) is 0 Å². The van der Waals surface area contributed by atoms with Crippen molar-refractivity contribution in [2.75, 3.05) is 13.1 Å². The molecule has 1 aromatic rings. The predicted molar refractivity (Wildman–Crippen MR) is 72.9 cm³/mol. The maximum absolute atomic E-state index is 12.7. The number of carbonyl (C=O) groups is 1. The minimum atomic E-state index is 0.0975. The molecule has 5 heteroatoms. The van der Waals surface area contributed by atoms with Crippen molar-refractivity contribution in [2.24, 2.45) is 5.92 Å². The first kappa shape index (κ1) is 12.7. The van der Waals surface area contributed by atoms with Crippen LogP contribution in [0, 0.1) is 5.92 Å². The molecule has 5 nitrogen and oxygen atoms in total. The van der Waals surface area contributed by atoms with Crippen LogP contribution in [-0.2, 0) is 13.0 Å². The minimum absolute atomic E-state index is 0.0975. The molecule has 2 aliphatic heterocycles. The Kier molecular flexibility index (Phi) is 3.31. The Balaban J connectivity index is 1.85. The number of carbonyl (C=O) groups excluding carboxylic acids is 1. The predicted octanol–water partition coefficient (Wildman–Crippen LogP) is 1.32. The molecule has 2 unspecified atom stereocenters. The number of H-pyrrole nitrogens is 1. The normalized spacial score (nSPS) is 27.2. The van der Waals surface area contributed by atoms with Gasteiger partial charge in [0.25, 0.3) is 5.91 Å². The van der Waals surface area contributed by atoms with Crippen molar-refractivity contribution >= 4 is 5.91 Å². The van der Waals surface area contributed by atoms with E-state index in [1.807, 2.05) is 4.90 Å². The van der Waals surface area contributed by atoms with Crippen LogP contribution >= 0.6 is 0 Å². The van der Waals surface area contributed by atoms with Gasteiger partial charge < -0.3 is 10.2 Å². The summed E-state index contributed by atoms with van der Waals surface area (Å²) in [6, 6.07) is 0.326. The number of aromatic nitrogens is 2. The van der Waals surface area contributed by atoms with E-state index < -0.39 is 0 Å². The highest BCUT2D eigenvalue weighted by Gasteiger charge is 2.31. The lowest BCUT2D eigenvalue weighted by Gasteiger charge is -2.36. The monoisotopic (exact) mass is 262 g/mol. The molecule has 2 aliphatic rings. The molecule has 0 radical (unpaired) electrons. The maximum Gasteiger partial charge on any atom is 0.274 e. The van der Waals surface area contributed by atoms with Gasteiger partial charge in [0, 0.05) is 43.4 Å². The summed E-state index contributed by atoms with van der Waals surface area (Å²) in [6.45, 7) is 6.93. The Labute approximate surface area is 113 Å². The van der Waals surface area contributed by atoms with E-state index in [1.54, 1.807) is 0 Å². The number of hydrogen-bond donors (Lipinski definition) is 2. The largest absolute Gasteiger partial charge is 0.334 e. The molecule has 1 saturated heterocycles. The van der Waals surface area contributed by atoms with Crippen LogP contribution < -0.4 is 5.32 Å². The highest BCUT2D eigenvalue weighted by molar-refractivity contribution is 5.94. The highest BCUT2D eigenvalue weighted by atomic mass is 16.2. The van der Waals surface area contributed by atoms with Gasteiger partial charge in [-0.05, 0) is 25.7 Å². The van der Waals surface area contributed by atoms with Crippen LogP contribution in [-0.4, -0.2) is 40.1 Å². The summed E-state index contributed by atoms with van der Waals surface area (Å²) < 4.78 is 0. The number of nitrogens with zero attached hydrogens (tertiary/aromatic N) is 2. The molecule has 3 rings (SSSR count). The van der Waals surface area contributed by atoms with Gasteiger partial charge in [0.15, 0.2) is 5.69 Å². The molecular formula is C14H22N4O. The summed E-state index contributed by atoms with van der Waals surface area (Å²) in [4.78, 5) is 14.7. The first-order valence-electron chi connectivity index (χ1n) is 7.24. The summed E-state index contributed by atoms with van der Waals surface area (Å²) in [5.74, 6) is 0.688. The Morgan fingerprint density at radius 1 is 1.37 bits per heavy atom. The number of fused-ring (bicyclic) bond motifs is 1. The first-order chi connectivity index (χ1) is 9.16. The van der Waals surface area contributed by atoms with Gasteiger partial charge in [0.2, 0.25) is 0 Å². The van der Waals surface area contributed by atoms with Crippen LogP contribution in [0.4, 0.5) is 0 Å². The van der Waals surface area contributed by atoms with Crippen LogP contribution in [0.1, 0.15) is 48.4 Å². The molecule has 104 valence electrons. The minimum Gasteiger partial charge on any atom is -0.334 e. The fourth-order valence-electron chi connectivity index (χ4n) is 3.11. The summed E-state index contributed by atoms with van der Waals surface area (Å²) in [5.41, 5.74) is 2.82. The van der Waals surface area contributed by atoms with Gasteiger partial charge in [-0.2, -0.15) is 5.10 Å². The quantitative estimate of drug-likeness (QED) is 0.802. The van der Waals surface area contributed by atoms with E-state index in [-0.39, 0.29) is 5.91 Å². The molecule has 0 aromatic carbocycles. The molecule has 0 bridgehead atoms. The van der Waals surface area contributed by atoms with Gasteiger partial charge in [-0.3, -0.25) is 9.89 Å². The third-order valence-electron chi connectivity index (χ3n) is 4.39. The Hall–Kier alpha value is -1.36. The smallest absolute Gasteiger partial charge is 0.274 e. The Morgan fingerprint density at radius 2 is 2.21 bits per heavy atom. The molecule has 0 saturated carbocycles. The van der Waals surface area contributed by atoms with E-state index in [2.05, 4.69) is 29.4 Å². The zero-order valence-corrected chi connectivity index (χ0v) is 11.7. The number of likely N-dealkylation sites (tertiary alicyclic amines) is 1. The lowest BCUT2D eigenvalue weighted by molar-refractivity contribution is 0.0566. The number of amides is 1. The first-order valence-corrected chi connectivity index (χ1v) is 7.24. The van der Waals surface area contributed by atoms with Crippen LogP contribution in [0.25, 0.3) is 0 Å². The van der Waals surface area contributed by atoms with Crippen molar-refractivity contribution in [3.8, 4) is 0 Å². The molecule has 0 spiro atoms. The topological polar surface area (TPSA) is 61.0 Å². The van der Waals surface area contributed by atoms with E-state index in [0.717, 1.165) is 43.7 Å². The molecule has 1 amide bonds. The van der Waals surface area contributed by atoms with Crippen LogP contribution in [0.15, 0.2) is 0 Å². The van der Waals surface area contributed by atoms with Crippen molar-refractivity contribution in [3.05, 3.63) is 17.0 Å². The average Bonchev–Trinajstić information content (AvgIpc) is 2.84. The molecule has 2 atom stereocenters. The molecule has 1 aromatic heterocycles. The second-order valence-corrected chi connectivity index (χ2v) is 5.95. The standard InChI is InChI=1S/C14H22N4O/c1-9-3-4-10(2)18(8-9)14(19)13-11-7-15-6-5-12(11)16-17-13/h9-10,15H,3-8H2,1-2H3,(H,16,17). The van der Waals surface area contributed by atoms with Crippen molar-refractivity contribution in [2.45, 2.75) is 45.7 Å². The summed E-state index contributed by atoms with van der Waals surface area (Å²) in [5, 5.41) is 10.6. The van der Waals surface area contributed by atoms with E-state index in [1.165, 1.54) is 6.42 Å². The Bertz CT molecular complexity index is 482. The number of aromatic amines is 1. The second-order valence-electron chi connectivity index (χ2n) is 5.95. The molecular weight excluding hydrogens is 240 g/mol. The van der Waals surface area contributed by atoms with Gasteiger partial charge in [0.1, 0.15) is 0 Å². The van der Waals surface area contributed by atoms with E-state index >= 15 is 0 Å². The fourth-order valence-corrected chi connectivity index (χ4v) is 3.11. The van der Waals surface area contributed by atoms with Gasteiger partial charge >= 0.3 is 0 Å². The number of nitrogens with one attached hydrogen (secondary N) is 2. The molecule has 1 fully saturated rings. The highest BCUT2D eigenvalue weighted by Crippen LogP contribution is 2.25. The van der Waals surface area contributed by atoms with Gasteiger partial charge in [-0.1, -0.05) is 6.92 Å². The zero-order valence-electron chi connectivity index (χ0n) is 11.7. The SMILES string of the molecule is CC1CCC(C)N(C(=O)c2n[nH]c3c2CNCC3)C1. The van der Waals surface area contributed by atoms with Crippen molar-refractivity contribution < 1.29 is 4.79 Å². The molecule has 19 heavy (non-hydrogen) atoms. The lowest BCUT2D eigenvalue weighted by atomic mass is 9.94. The number of piperidine rings is 1. The third kappa shape index (κ3) is 2.27. The second kappa shape index (κ2) is 4.96. The van der Waals surface area contributed by atoms with Crippen molar-refractivity contribution in [1.82, 2.24) is 20.4 Å². The van der Waals surface area contributed by atoms with E-state index in [9.17, 15) is 4.79 Å². The maximum atomic E-state index is 12.7. The van der Waals surface area contributed by atoms with Gasteiger partial charge in [-0.25, -0.2) is 0 Å². The van der Waals surface area contributed by atoms with E-state index in [0.29, 0.717) is 17.7 Å². The number of hydrogen-bond acceptors (Lipinski definition) is 3. The fraction of sp³-hybridized carbons (Fsp3) is 0.714. The lowest BCUT2D eigenvalue weighted by Crippen LogP contribution is -2.45. The summed E-state index contributed by atoms with van der Waals surface area (Å²) >= 11 is 0. The molecule has 0 aliphatic carbocycles. The van der Waals surface area contributed by atoms with Crippen LogP contribution in [0.2, 0.25) is 0 Å². The van der Waals surface area contributed by atoms with Gasteiger partial charge in [0.05, 0.1) is 0 Å². The summed E-state index contributed by atoms with van der Waals surface area (Å²) in [6.07, 6.45) is 3.24. The van der Waals surface area contributed by atoms with Crippen LogP contribution in [0.3, 0.4) is 0 Å². The Morgan fingerprint density at radius 3 is 3.05 bits per heavy atom. The van der Waals surface area contributed by atoms with E-state index in [4.69, 9.17) is 0 Å². The third-order valence-corrected chi connectivity index (χ3v) is 4.39. The summed E-state index contributed by atoms with van der Waals surface area (Å²) in [7, 11) is 0. The average molecular weight is 262 g/mol. The van der Waals surface area contributed by atoms with Crippen LogP contribution in [0.5, 0.6) is 0 Å². The number of rotatable bonds is 1. The zero-order chi connectivity index (χ0) is 13.4. The van der Waals surface area contributed by atoms with Crippen molar-refractivity contribution in [1.29, 1.82) is 0 Å².